The third-order valence-electron chi connectivity index (χ3n) is 10.1. The second-order valence-corrected chi connectivity index (χ2v) is 14.2. The number of carbonyl (C=O) groups excluding carboxylic acids is 3. The number of hydrogen-bond donors (Lipinski definition) is 4. The number of ketones is 1. The first-order valence-corrected chi connectivity index (χ1v) is 16.7. The van der Waals surface area contributed by atoms with Crippen molar-refractivity contribution in [1.29, 1.82) is 0 Å². The topological polar surface area (TPSA) is 223 Å². The predicted octanol–water partition coefficient (Wildman–Crippen LogP) is -3.39. The number of aliphatic carboxylic acids is 1. The van der Waals surface area contributed by atoms with Gasteiger partial charge in [0.1, 0.15) is 30.3 Å². The Morgan fingerprint density at radius 3 is 2.24 bits per heavy atom. The Bertz CT molecular complexity index is 1140. The van der Waals surface area contributed by atoms with Gasteiger partial charge < -0.3 is 59.6 Å². The van der Waals surface area contributed by atoms with Crippen LogP contribution in [0.2, 0.25) is 0 Å². The molecule has 2 rings (SSSR count). The number of likely N-dealkylation sites (N-methyl/N-ethyl adjacent to an activating group) is 1. The Morgan fingerprint density at radius 1 is 1.14 bits per heavy atom. The minimum Gasteiger partial charge on any atom is -0.548 e. The molecule has 278 valence electrons. The molecule has 0 amide bonds. The van der Waals surface area contributed by atoms with Gasteiger partial charge in [0.15, 0.2) is 12.1 Å². The summed E-state index contributed by atoms with van der Waals surface area (Å²) in [6, 6.07) is -1.80. The summed E-state index contributed by atoms with van der Waals surface area (Å²) in [5, 5.41) is 49.8. The maximum Gasteiger partial charge on any atom is 1.00 e. The first-order chi connectivity index (χ1) is 22.1. The van der Waals surface area contributed by atoms with Crippen LogP contribution in [-0.2, 0) is 38.2 Å². The molecule has 0 radical (unpaired) electrons. The molecule has 0 bridgehead atoms. The van der Waals surface area contributed by atoms with Crippen LogP contribution in [0.3, 0.4) is 0 Å². The van der Waals surface area contributed by atoms with E-state index in [-0.39, 0.29) is 60.3 Å². The predicted molar refractivity (Wildman–Crippen MR) is 172 cm³/mol. The van der Waals surface area contributed by atoms with Gasteiger partial charge in [0.05, 0.1) is 41.6 Å². The van der Waals surface area contributed by atoms with E-state index in [2.05, 4.69) is 5.16 Å². The summed E-state index contributed by atoms with van der Waals surface area (Å²) in [5.74, 6) is -6.81. The van der Waals surface area contributed by atoms with Crippen molar-refractivity contribution in [2.24, 2.45) is 34.6 Å². The molecular weight excluding hydrogens is 653 g/mol. The minimum atomic E-state index is -2.01. The standard InChI is InChI=1S/C33H59N3O12.Na/c1-12-23-33(8,43)27(39)18(4)24(35-45-15-21(34)29(40)41)16(2)14-32(7,44-11)28(19(5)25(37)20(6)30(42)47-23)48-31-26(38)22(36(9)10)13-17(3)46-31;/h16-23,26-28,31,38-39,43H,12-15,34H2,1-11H3,(H,40,41);/q;+1/p-1/b35-24-;/t16-,17-,18+,19+,20-,21-,22+,23-,26-,27-,28-,31+,32-,33-;/m1./s1. The average Bonchev–Trinajstić information content (AvgIpc) is 3.02. The fourth-order valence-electron chi connectivity index (χ4n) is 6.88. The van der Waals surface area contributed by atoms with Crippen LogP contribution in [0, 0.1) is 23.7 Å². The maximum absolute atomic E-state index is 14.0. The number of aliphatic hydroxyl groups excluding tert-OH is 2. The first kappa shape index (κ1) is 45.8. The zero-order chi connectivity index (χ0) is 36.9. The Labute approximate surface area is 312 Å². The van der Waals surface area contributed by atoms with Crippen molar-refractivity contribution in [2.75, 3.05) is 27.8 Å². The summed E-state index contributed by atoms with van der Waals surface area (Å²) in [6.07, 6.45) is -5.69. The molecular formula is C33H58N3NaO12. The van der Waals surface area contributed by atoms with Crippen molar-refractivity contribution in [3.05, 3.63) is 0 Å². The molecule has 0 aromatic carbocycles. The second-order valence-electron chi connectivity index (χ2n) is 14.2. The van der Waals surface area contributed by atoms with E-state index in [0.717, 1.165) is 0 Å². The number of hydrogen-bond acceptors (Lipinski definition) is 15. The van der Waals surface area contributed by atoms with Crippen LogP contribution >= 0.6 is 0 Å². The fraction of sp³-hybridized carbons (Fsp3) is 0.879. The van der Waals surface area contributed by atoms with Crippen molar-refractivity contribution >= 4 is 23.4 Å². The monoisotopic (exact) mass is 711 g/mol. The van der Waals surface area contributed by atoms with Crippen LogP contribution in [0.4, 0.5) is 0 Å². The Balaban J connectivity index is 0.0000120. The summed E-state index contributed by atoms with van der Waals surface area (Å²) < 4.78 is 24.3. The molecule has 0 aromatic rings. The molecule has 0 saturated carbocycles. The zero-order valence-corrected chi connectivity index (χ0v) is 33.2. The number of oxime groups is 1. The van der Waals surface area contributed by atoms with Gasteiger partial charge in [-0.1, -0.05) is 32.9 Å². The van der Waals surface area contributed by atoms with Crippen molar-refractivity contribution in [1.82, 2.24) is 4.90 Å². The third kappa shape index (κ3) is 10.9. The molecule has 2 saturated heterocycles. The van der Waals surface area contributed by atoms with Crippen LogP contribution < -0.4 is 40.4 Å². The molecule has 2 aliphatic heterocycles. The molecule has 0 aromatic heterocycles. The zero-order valence-electron chi connectivity index (χ0n) is 31.2. The summed E-state index contributed by atoms with van der Waals surface area (Å²) in [5.41, 5.74) is 2.44. The van der Waals surface area contributed by atoms with E-state index < -0.39 is 96.0 Å². The molecule has 0 spiro atoms. The van der Waals surface area contributed by atoms with Gasteiger partial charge in [0.2, 0.25) is 0 Å². The second kappa shape index (κ2) is 19.0. The number of carboxylic acids is 1. The largest absolute Gasteiger partial charge is 1.00 e. The van der Waals surface area contributed by atoms with E-state index in [1.807, 2.05) is 25.9 Å². The first-order valence-electron chi connectivity index (χ1n) is 16.7. The van der Waals surface area contributed by atoms with E-state index in [1.165, 1.54) is 21.0 Å². The minimum absolute atomic E-state index is 0. The molecule has 0 aliphatic carbocycles. The van der Waals surface area contributed by atoms with E-state index >= 15 is 0 Å². The maximum atomic E-state index is 14.0. The van der Waals surface area contributed by atoms with Gasteiger partial charge in [0, 0.05) is 30.9 Å². The van der Waals surface area contributed by atoms with Crippen molar-refractivity contribution in [3.8, 4) is 0 Å². The number of nitrogens with two attached hydrogens (primary N) is 1. The van der Waals surface area contributed by atoms with Crippen molar-refractivity contribution in [2.45, 2.75) is 135 Å². The number of aliphatic hydroxyl groups is 3. The van der Waals surface area contributed by atoms with E-state index in [0.29, 0.717) is 6.42 Å². The molecule has 5 N–H and O–H groups in total. The summed E-state index contributed by atoms with van der Waals surface area (Å²) in [7, 11) is 5.11. The Kier molecular flexibility index (Phi) is 17.8. The number of nitrogens with zero attached hydrogens (tertiary/aromatic N) is 2. The van der Waals surface area contributed by atoms with Crippen LogP contribution in [0.1, 0.15) is 74.7 Å². The Hall–Kier alpha value is -1.24. The number of methoxy groups -OCH3 is 1. The third-order valence-corrected chi connectivity index (χ3v) is 10.1. The molecule has 2 fully saturated rings. The van der Waals surface area contributed by atoms with E-state index in [4.69, 9.17) is 29.5 Å². The van der Waals surface area contributed by atoms with E-state index in [9.17, 15) is 34.8 Å². The number of carboxylic acid groups (broad SMARTS) is 1. The van der Waals surface area contributed by atoms with Crippen LogP contribution in [0.15, 0.2) is 5.16 Å². The summed E-state index contributed by atoms with van der Waals surface area (Å²) >= 11 is 0. The number of esters is 1. The average molecular weight is 712 g/mol. The molecule has 2 aliphatic rings. The number of cyclic esters (lactones) is 1. The number of ether oxygens (including phenoxy) is 4. The molecule has 2 heterocycles. The summed E-state index contributed by atoms with van der Waals surface area (Å²) in [4.78, 5) is 45.8. The normalized spacial score (nSPS) is 41.4. The fourth-order valence-corrected chi connectivity index (χ4v) is 6.88. The molecule has 15 nitrogen and oxygen atoms in total. The van der Waals surface area contributed by atoms with Gasteiger partial charge in [-0.25, -0.2) is 0 Å². The number of Topliss-reactive ketones (excluding diaryl/α,β-unsaturated/α-hetero) is 1. The molecule has 0 unspecified atom stereocenters. The van der Waals surface area contributed by atoms with Gasteiger partial charge >= 0.3 is 35.5 Å². The number of rotatable bonds is 9. The van der Waals surface area contributed by atoms with Gasteiger partial charge in [-0.15, -0.1) is 0 Å². The van der Waals surface area contributed by atoms with Gasteiger partial charge in [-0.05, 0) is 61.1 Å². The number of carbonyl (C=O) groups is 3. The van der Waals surface area contributed by atoms with Crippen molar-refractivity contribution < 1.29 is 88.2 Å². The Morgan fingerprint density at radius 2 is 1.73 bits per heavy atom. The molecule has 16 heteroatoms. The van der Waals surface area contributed by atoms with Crippen LogP contribution in [-0.4, -0.2) is 132 Å². The van der Waals surface area contributed by atoms with Crippen LogP contribution in [0.5, 0.6) is 0 Å². The van der Waals surface area contributed by atoms with Gasteiger partial charge in [0.25, 0.3) is 0 Å². The molecule has 14 atom stereocenters. The van der Waals surface area contributed by atoms with Crippen molar-refractivity contribution in [3.63, 3.8) is 0 Å². The van der Waals surface area contributed by atoms with Gasteiger partial charge in [-0.3, -0.25) is 9.59 Å². The smallest absolute Gasteiger partial charge is 0.548 e. The SMILES string of the molecule is CC[C@H]1OC(=O)[C@H](C)C(=O)[C@H](C)[C@@H](O[C@@H]2O[C@H](C)C[C@H](N(C)C)[C@H]2O)[C@](C)(OC)C[C@@H](C)/C(=N/OC[C@@H](N)C(=O)[O-])[C@H](C)[C@@H](O)[C@]1(C)O.[Na+]. The van der Waals surface area contributed by atoms with Gasteiger partial charge in [-0.2, -0.15) is 0 Å². The molecule has 49 heavy (non-hydrogen) atoms. The van der Waals surface area contributed by atoms with Crippen LogP contribution in [0.25, 0.3) is 0 Å². The summed E-state index contributed by atoms with van der Waals surface area (Å²) in [6.45, 7) is 12.4. The van der Waals surface area contributed by atoms with E-state index in [1.54, 1.807) is 34.6 Å². The quantitative estimate of drug-likeness (QED) is 0.0793.